The maximum atomic E-state index is 10.8. The van der Waals surface area contributed by atoms with Crippen molar-refractivity contribution in [1.29, 1.82) is 0 Å². The number of nitro groups is 1. The van der Waals surface area contributed by atoms with Gasteiger partial charge in [0.2, 0.25) is 0 Å². The molecule has 0 heterocycles. The summed E-state index contributed by atoms with van der Waals surface area (Å²) < 4.78 is 5.41. The van der Waals surface area contributed by atoms with Crippen LogP contribution < -0.4 is 10.1 Å². The number of hydrogen-bond acceptors (Lipinski definition) is 4. The molecule has 1 rings (SSSR count). The molecule has 16 heavy (non-hydrogen) atoms. The fraction of sp³-hybridized carbons (Fsp3) is 0.455. The third-order valence-corrected chi connectivity index (χ3v) is 1.90. The van der Waals surface area contributed by atoms with E-state index >= 15 is 0 Å². The Labute approximate surface area is 94.6 Å². The molecule has 0 aliphatic carbocycles. The summed E-state index contributed by atoms with van der Waals surface area (Å²) in [5.41, 5.74) is 0.819. The van der Waals surface area contributed by atoms with Crippen molar-refractivity contribution in [2.24, 2.45) is 0 Å². The van der Waals surface area contributed by atoms with Gasteiger partial charge in [-0.3, -0.25) is 10.1 Å². The average Bonchev–Trinajstić information content (AvgIpc) is 2.16. The highest BCUT2D eigenvalue weighted by molar-refractivity contribution is 5.58. The van der Waals surface area contributed by atoms with Crippen molar-refractivity contribution >= 4 is 11.4 Å². The summed E-state index contributed by atoms with van der Waals surface area (Å²) in [6, 6.07) is 4.78. The zero-order valence-electron chi connectivity index (χ0n) is 9.69. The standard InChI is InChI=1S/C11H16N2O3/c1-4-12-9-5-6-10(13(14)15)11(7-9)16-8(2)3/h5-8,12H,4H2,1-3H3. The van der Waals surface area contributed by atoms with Crippen molar-refractivity contribution in [3.8, 4) is 5.75 Å². The molecule has 0 radical (unpaired) electrons. The molecule has 0 amide bonds. The number of ether oxygens (including phenoxy) is 1. The van der Waals surface area contributed by atoms with Crippen LogP contribution in [0.5, 0.6) is 5.75 Å². The number of nitro benzene ring substituents is 1. The minimum absolute atomic E-state index is 0.00430. The van der Waals surface area contributed by atoms with E-state index in [1.165, 1.54) is 6.07 Å². The minimum atomic E-state index is -0.437. The largest absolute Gasteiger partial charge is 0.484 e. The third kappa shape index (κ3) is 3.12. The predicted molar refractivity (Wildman–Crippen MR) is 63.0 cm³/mol. The lowest BCUT2D eigenvalue weighted by Gasteiger charge is -2.11. The van der Waals surface area contributed by atoms with E-state index in [-0.39, 0.29) is 11.8 Å². The molecule has 1 aromatic carbocycles. The van der Waals surface area contributed by atoms with E-state index in [1.54, 1.807) is 12.1 Å². The van der Waals surface area contributed by atoms with E-state index in [2.05, 4.69) is 5.32 Å². The summed E-state index contributed by atoms with van der Waals surface area (Å²) in [5.74, 6) is 0.304. The first kappa shape index (κ1) is 12.3. The Bertz CT molecular complexity index is 377. The number of hydrogen-bond donors (Lipinski definition) is 1. The van der Waals surface area contributed by atoms with Crippen LogP contribution in [-0.4, -0.2) is 17.6 Å². The van der Waals surface area contributed by atoms with E-state index in [4.69, 9.17) is 4.74 Å². The first-order chi connectivity index (χ1) is 7.54. The topological polar surface area (TPSA) is 64.4 Å². The lowest BCUT2D eigenvalue weighted by atomic mass is 10.2. The van der Waals surface area contributed by atoms with Gasteiger partial charge < -0.3 is 10.1 Å². The van der Waals surface area contributed by atoms with Crippen molar-refractivity contribution in [2.75, 3.05) is 11.9 Å². The molecular formula is C11H16N2O3. The van der Waals surface area contributed by atoms with Crippen LogP contribution in [0.3, 0.4) is 0 Å². The molecule has 0 aromatic heterocycles. The van der Waals surface area contributed by atoms with Crippen LogP contribution >= 0.6 is 0 Å². The highest BCUT2D eigenvalue weighted by atomic mass is 16.6. The Morgan fingerprint density at radius 1 is 1.50 bits per heavy atom. The van der Waals surface area contributed by atoms with Crippen LogP contribution in [0.15, 0.2) is 18.2 Å². The molecule has 0 saturated carbocycles. The van der Waals surface area contributed by atoms with Gasteiger partial charge >= 0.3 is 5.69 Å². The molecule has 0 spiro atoms. The van der Waals surface area contributed by atoms with Crippen molar-refractivity contribution in [2.45, 2.75) is 26.9 Å². The summed E-state index contributed by atoms with van der Waals surface area (Å²) in [6.07, 6.45) is -0.0874. The van der Waals surface area contributed by atoms with Gasteiger partial charge in [-0.15, -0.1) is 0 Å². The van der Waals surface area contributed by atoms with Gasteiger partial charge in [-0.1, -0.05) is 0 Å². The van der Waals surface area contributed by atoms with Crippen molar-refractivity contribution in [3.05, 3.63) is 28.3 Å². The maximum absolute atomic E-state index is 10.8. The second-order valence-electron chi connectivity index (χ2n) is 3.64. The zero-order chi connectivity index (χ0) is 12.1. The molecule has 0 aliphatic rings. The van der Waals surface area contributed by atoms with Gasteiger partial charge in [0, 0.05) is 24.4 Å². The average molecular weight is 224 g/mol. The van der Waals surface area contributed by atoms with Gasteiger partial charge in [-0.25, -0.2) is 0 Å². The van der Waals surface area contributed by atoms with E-state index in [0.29, 0.717) is 5.75 Å². The molecule has 1 aromatic rings. The smallest absolute Gasteiger partial charge is 0.311 e. The van der Waals surface area contributed by atoms with Crippen molar-refractivity contribution in [1.82, 2.24) is 0 Å². The van der Waals surface area contributed by atoms with Gasteiger partial charge in [0.15, 0.2) is 5.75 Å². The van der Waals surface area contributed by atoms with Crippen LogP contribution in [0.25, 0.3) is 0 Å². The quantitative estimate of drug-likeness (QED) is 0.617. The van der Waals surface area contributed by atoms with Gasteiger partial charge in [-0.2, -0.15) is 0 Å². The van der Waals surface area contributed by atoms with E-state index < -0.39 is 4.92 Å². The maximum Gasteiger partial charge on any atom is 0.311 e. The Balaban J connectivity index is 3.05. The van der Waals surface area contributed by atoms with Crippen LogP contribution in [0.4, 0.5) is 11.4 Å². The number of benzene rings is 1. The second-order valence-corrected chi connectivity index (χ2v) is 3.64. The summed E-state index contributed by atoms with van der Waals surface area (Å²) >= 11 is 0. The third-order valence-electron chi connectivity index (χ3n) is 1.90. The summed E-state index contributed by atoms with van der Waals surface area (Å²) in [5, 5.41) is 13.9. The number of nitrogens with zero attached hydrogens (tertiary/aromatic N) is 1. The van der Waals surface area contributed by atoms with Gasteiger partial charge in [0.05, 0.1) is 11.0 Å². The monoisotopic (exact) mass is 224 g/mol. The van der Waals surface area contributed by atoms with E-state index in [1.807, 2.05) is 20.8 Å². The van der Waals surface area contributed by atoms with Crippen LogP contribution in [-0.2, 0) is 0 Å². The van der Waals surface area contributed by atoms with Crippen LogP contribution in [0.1, 0.15) is 20.8 Å². The summed E-state index contributed by atoms with van der Waals surface area (Å²) in [6.45, 7) is 6.40. The molecule has 0 bridgehead atoms. The Kier molecular flexibility index (Phi) is 4.10. The number of anilines is 1. The lowest BCUT2D eigenvalue weighted by molar-refractivity contribution is -0.386. The van der Waals surface area contributed by atoms with Crippen molar-refractivity contribution < 1.29 is 9.66 Å². The predicted octanol–water partition coefficient (Wildman–Crippen LogP) is 2.81. The summed E-state index contributed by atoms with van der Waals surface area (Å²) in [4.78, 5) is 10.3. The van der Waals surface area contributed by atoms with E-state index in [9.17, 15) is 10.1 Å². The van der Waals surface area contributed by atoms with Gasteiger partial charge in [0.25, 0.3) is 0 Å². The van der Waals surface area contributed by atoms with Gasteiger partial charge in [-0.05, 0) is 26.8 Å². The molecule has 1 N–H and O–H groups in total. The lowest BCUT2D eigenvalue weighted by Crippen LogP contribution is -2.08. The molecule has 0 unspecified atom stereocenters. The van der Waals surface area contributed by atoms with E-state index in [0.717, 1.165) is 12.2 Å². The fourth-order valence-electron chi connectivity index (χ4n) is 1.33. The van der Waals surface area contributed by atoms with Crippen molar-refractivity contribution in [3.63, 3.8) is 0 Å². The molecule has 5 nitrogen and oxygen atoms in total. The van der Waals surface area contributed by atoms with Gasteiger partial charge in [0.1, 0.15) is 0 Å². The molecule has 88 valence electrons. The Morgan fingerprint density at radius 2 is 2.19 bits per heavy atom. The molecule has 0 fully saturated rings. The molecule has 5 heteroatoms. The first-order valence-corrected chi connectivity index (χ1v) is 5.23. The number of rotatable bonds is 5. The SMILES string of the molecule is CCNc1ccc([N+](=O)[O-])c(OC(C)C)c1. The highest BCUT2D eigenvalue weighted by Gasteiger charge is 2.16. The fourth-order valence-corrected chi connectivity index (χ4v) is 1.33. The Morgan fingerprint density at radius 3 is 2.69 bits per heavy atom. The zero-order valence-corrected chi connectivity index (χ0v) is 9.69. The minimum Gasteiger partial charge on any atom is -0.484 e. The van der Waals surface area contributed by atoms with Crippen LogP contribution in [0.2, 0.25) is 0 Å². The normalized spacial score (nSPS) is 10.2. The molecule has 0 saturated heterocycles. The molecule has 0 atom stereocenters. The molecule has 0 aliphatic heterocycles. The number of nitrogens with one attached hydrogen (secondary N) is 1. The second kappa shape index (κ2) is 5.34. The van der Waals surface area contributed by atoms with Crippen LogP contribution in [0, 0.1) is 10.1 Å². The molecular weight excluding hydrogens is 208 g/mol. The first-order valence-electron chi connectivity index (χ1n) is 5.23. The summed E-state index contributed by atoms with van der Waals surface area (Å²) in [7, 11) is 0. The highest BCUT2D eigenvalue weighted by Crippen LogP contribution is 2.30. The Hall–Kier alpha value is -1.78.